The van der Waals surface area contributed by atoms with Gasteiger partial charge >= 0.3 is 0 Å². The predicted octanol–water partition coefficient (Wildman–Crippen LogP) is 3.88. The molecule has 7 heteroatoms. The van der Waals surface area contributed by atoms with E-state index < -0.39 is 5.72 Å². The zero-order chi connectivity index (χ0) is 18.8. The number of nitrogens with one attached hydrogen (secondary N) is 3. The van der Waals surface area contributed by atoms with Crippen molar-refractivity contribution in [2.75, 3.05) is 29.0 Å². The highest BCUT2D eigenvalue weighted by Gasteiger charge is 2.20. The van der Waals surface area contributed by atoms with E-state index in [0.29, 0.717) is 24.5 Å². The third kappa shape index (κ3) is 6.84. The van der Waals surface area contributed by atoms with E-state index in [4.69, 9.17) is 4.74 Å². The second-order valence-corrected chi connectivity index (χ2v) is 6.57. The first kappa shape index (κ1) is 19.9. The Kier molecular flexibility index (Phi) is 7.59. The van der Waals surface area contributed by atoms with Gasteiger partial charge in [-0.3, -0.25) is 0 Å². The van der Waals surface area contributed by atoms with Crippen molar-refractivity contribution >= 4 is 17.8 Å². The zero-order valence-electron chi connectivity index (χ0n) is 16.2. The van der Waals surface area contributed by atoms with E-state index in [1.165, 1.54) is 0 Å². The molecule has 2 aromatic rings. The molecule has 26 heavy (non-hydrogen) atoms. The van der Waals surface area contributed by atoms with Gasteiger partial charge in [-0.1, -0.05) is 44.2 Å². The molecule has 142 valence electrons. The van der Waals surface area contributed by atoms with Gasteiger partial charge in [0.05, 0.1) is 6.61 Å². The minimum Gasteiger partial charge on any atom is -0.354 e. The Morgan fingerprint density at radius 3 is 1.92 bits per heavy atom. The zero-order valence-corrected chi connectivity index (χ0v) is 16.2. The quantitative estimate of drug-likeness (QED) is 0.526. The molecule has 0 unspecified atom stereocenters. The number of anilines is 3. The van der Waals surface area contributed by atoms with Gasteiger partial charge in [-0.05, 0) is 32.3 Å². The van der Waals surface area contributed by atoms with Crippen LogP contribution in [0.25, 0.3) is 0 Å². The molecule has 0 aliphatic carbocycles. The van der Waals surface area contributed by atoms with E-state index in [0.717, 1.165) is 31.5 Å². The van der Waals surface area contributed by atoms with E-state index in [9.17, 15) is 0 Å². The molecular formula is C19H30N6O. The summed E-state index contributed by atoms with van der Waals surface area (Å²) in [6.07, 6.45) is 2.00. The van der Waals surface area contributed by atoms with Crippen LogP contribution in [-0.4, -0.2) is 33.8 Å². The molecule has 0 fully saturated rings. The summed E-state index contributed by atoms with van der Waals surface area (Å²) in [4.78, 5) is 13.3. The first-order valence-corrected chi connectivity index (χ1v) is 9.22. The summed E-state index contributed by atoms with van der Waals surface area (Å²) in [5, 5.41) is 9.68. The third-order valence-corrected chi connectivity index (χ3v) is 3.56. The fourth-order valence-electron chi connectivity index (χ4n) is 2.21. The van der Waals surface area contributed by atoms with Crippen LogP contribution in [0.2, 0.25) is 0 Å². The number of hydrogen-bond donors (Lipinski definition) is 3. The first-order chi connectivity index (χ1) is 12.5. The molecule has 0 saturated carbocycles. The first-order valence-electron chi connectivity index (χ1n) is 9.22. The molecule has 1 aromatic carbocycles. The van der Waals surface area contributed by atoms with Crippen molar-refractivity contribution in [3.05, 3.63) is 35.9 Å². The van der Waals surface area contributed by atoms with Crippen molar-refractivity contribution in [3.8, 4) is 0 Å². The van der Waals surface area contributed by atoms with E-state index in [2.05, 4.69) is 44.7 Å². The lowest BCUT2D eigenvalue weighted by Crippen LogP contribution is -2.35. The highest BCUT2D eigenvalue weighted by Crippen LogP contribution is 2.17. The van der Waals surface area contributed by atoms with Crippen molar-refractivity contribution in [2.24, 2.45) is 0 Å². The molecule has 1 heterocycles. The van der Waals surface area contributed by atoms with Gasteiger partial charge in [-0.25, -0.2) is 0 Å². The smallest absolute Gasteiger partial charge is 0.231 e. The summed E-state index contributed by atoms with van der Waals surface area (Å²) < 4.78 is 6.01. The van der Waals surface area contributed by atoms with Crippen molar-refractivity contribution in [2.45, 2.75) is 52.9 Å². The number of aromatic nitrogens is 3. The van der Waals surface area contributed by atoms with Crippen LogP contribution in [0.5, 0.6) is 0 Å². The average Bonchev–Trinajstić information content (AvgIpc) is 2.63. The molecule has 0 aliphatic heterocycles. The predicted molar refractivity (Wildman–Crippen MR) is 106 cm³/mol. The highest BCUT2D eigenvalue weighted by molar-refractivity contribution is 5.42. The monoisotopic (exact) mass is 358 g/mol. The van der Waals surface area contributed by atoms with Crippen LogP contribution >= 0.6 is 0 Å². The van der Waals surface area contributed by atoms with Crippen LogP contribution in [0.15, 0.2) is 30.3 Å². The lowest BCUT2D eigenvalue weighted by atomic mass is 10.2. The number of nitrogens with zero attached hydrogens (tertiary/aromatic N) is 3. The molecule has 0 saturated heterocycles. The Morgan fingerprint density at radius 1 is 0.846 bits per heavy atom. The number of benzene rings is 1. The Morgan fingerprint density at radius 2 is 1.38 bits per heavy atom. The van der Waals surface area contributed by atoms with Crippen LogP contribution in [-0.2, 0) is 11.3 Å². The second-order valence-electron chi connectivity index (χ2n) is 6.57. The second kappa shape index (κ2) is 9.91. The highest BCUT2D eigenvalue weighted by atomic mass is 16.5. The summed E-state index contributed by atoms with van der Waals surface area (Å²) in [5.74, 6) is 1.60. The third-order valence-electron chi connectivity index (χ3n) is 3.56. The van der Waals surface area contributed by atoms with Crippen molar-refractivity contribution in [3.63, 3.8) is 0 Å². The molecule has 7 nitrogen and oxygen atoms in total. The van der Waals surface area contributed by atoms with Crippen LogP contribution in [0, 0.1) is 0 Å². The molecule has 0 aliphatic rings. The number of rotatable bonds is 11. The van der Waals surface area contributed by atoms with Crippen molar-refractivity contribution < 1.29 is 4.74 Å². The van der Waals surface area contributed by atoms with Crippen molar-refractivity contribution in [1.82, 2.24) is 15.0 Å². The molecule has 0 bridgehead atoms. The van der Waals surface area contributed by atoms with Gasteiger partial charge in [0.25, 0.3) is 0 Å². The Labute approximate surface area is 156 Å². The number of ether oxygens (including phenoxy) is 1. The van der Waals surface area contributed by atoms with Crippen LogP contribution in [0.4, 0.5) is 17.8 Å². The Balaban J connectivity index is 2.06. The van der Waals surface area contributed by atoms with Gasteiger partial charge in [0.1, 0.15) is 5.72 Å². The maximum atomic E-state index is 6.01. The lowest BCUT2D eigenvalue weighted by Gasteiger charge is -2.27. The SMILES string of the molecule is CCCNc1nc(NCCC)nc(NC(C)(C)OCc2ccccc2)n1. The molecule has 2 rings (SSSR count). The summed E-state index contributed by atoms with van der Waals surface area (Å²) in [6, 6.07) is 10.1. The molecule has 3 N–H and O–H groups in total. The Bertz CT molecular complexity index is 636. The van der Waals surface area contributed by atoms with E-state index >= 15 is 0 Å². The van der Waals surface area contributed by atoms with Gasteiger partial charge in [-0.15, -0.1) is 0 Å². The van der Waals surface area contributed by atoms with Crippen LogP contribution in [0.3, 0.4) is 0 Å². The van der Waals surface area contributed by atoms with Crippen LogP contribution in [0.1, 0.15) is 46.1 Å². The Hall–Kier alpha value is -2.41. The van der Waals surface area contributed by atoms with Gasteiger partial charge in [0, 0.05) is 13.1 Å². The molecule has 0 spiro atoms. The normalized spacial score (nSPS) is 11.2. The van der Waals surface area contributed by atoms with Gasteiger partial charge in [-0.2, -0.15) is 15.0 Å². The molecule has 1 aromatic heterocycles. The average molecular weight is 358 g/mol. The summed E-state index contributed by atoms with van der Waals surface area (Å²) in [7, 11) is 0. The standard InChI is InChI=1S/C19H30N6O/c1-5-12-20-16-22-17(21-13-6-2)24-18(23-16)25-19(3,4)26-14-15-10-8-7-9-11-15/h7-11H,5-6,12-14H2,1-4H3,(H3,20,21,22,23,24,25). The van der Waals surface area contributed by atoms with E-state index in [-0.39, 0.29) is 0 Å². The van der Waals surface area contributed by atoms with E-state index in [1.807, 2.05) is 44.2 Å². The molecule has 0 radical (unpaired) electrons. The molecule has 0 atom stereocenters. The summed E-state index contributed by atoms with van der Waals surface area (Å²) >= 11 is 0. The maximum absolute atomic E-state index is 6.01. The van der Waals surface area contributed by atoms with Crippen molar-refractivity contribution in [1.29, 1.82) is 0 Å². The van der Waals surface area contributed by atoms with Gasteiger partial charge in [0.2, 0.25) is 17.8 Å². The maximum Gasteiger partial charge on any atom is 0.231 e. The summed E-state index contributed by atoms with van der Waals surface area (Å²) in [5.41, 5.74) is 0.495. The topological polar surface area (TPSA) is 84.0 Å². The fraction of sp³-hybridized carbons (Fsp3) is 0.526. The van der Waals surface area contributed by atoms with Gasteiger partial charge in [0.15, 0.2) is 0 Å². The van der Waals surface area contributed by atoms with E-state index in [1.54, 1.807) is 0 Å². The lowest BCUT2D eigenvalue weighted by molar-refractivity contribution is -0.00831. The minimum atomic E-state index is -0.624. The molecular weight excluding hydrogens is 328 g/mol. The molecule has 0 amide bonds. The largest absolute Gasteiger partial charge is 0.354 e. The minimum absolute atomic E-state index is 0.482. The van der Waals surface area contributed by atoms with Crippen LogP contribution < -0.4 is 16.0 Å². The fourth-order valence-corrected chi connectivity index (χ4v) is 2.21. The number of hydrogen-bond acceptors (Lipinski definition) is 7. The van der Waals surface area contributed by atoms with Gasteiger partial charge < -0.3 is 20.7 Å². The summed E-state index contributed by atoms with van der Waals surface area (Å²) in [6.45, 7) is 10.2.